The van der Waals surface area contributed by atoms with Crippen molar-refractivity contribution in [2.75, 3.05) is 38.1 Å². The molecule has 7 N–H and O–H groups in total. The van der Waals surface area contributed by atoms with Gasteiger partial charge in [-0.3, -0.25) is 9.88 Å². The maximum Gasteiger partial charge on any atom is 0.132 e. The third-order valence-corrected chi connectivity index (χ3v) is 5.86. The number of hydrogen-bond acceptors (Lipinski definition) is 9. The number of hydrogen-bond donors (Lipinski definition) is 5. The second kappa shape index (κ2) is 12.9. The van der Waals surface area contributed by atoms with Gasteiger partial charge in [0.05, 0.1) is 23.7 Å². The van der Waals surface area contributed by atoms with Crippen LogP contribution in [-0.2, 0) is 4.74 Å². The fourth-order valence-corrected chi connectivity index (χ4v) is 3.89. The van der Waals surface area contributed by atoms with Gasteiger partial charge in [0.2, 0.25) is 0 Å². The molecule has 188 valence electrons. The highest BCUT2D eigenvalue weighted by Crippen LogP contribution is 2.19. The molecule has 3 heterocycles. The van der Waals surface area contributed by atoms with E-state index in [9.17, 15) is 0 Å². The molecule has 9 heteroatoms. The second-order valence-corrected chi connectivity index (χ2v) is 9.04. The lowest BCUT2D eigenvalue weighted by Gasteiger charge is -2.30. The molecular weight excluding hydrogens is 440 g/mol. The molecule has 9 nitrogen and oxygen atoms in total. The van der Waals surface area contributed by atoms with Crippen LogP contribution < -0.4 is 22.1 Å². The van der Waals surface area contributed by atoms with Crippen molar-refractivity contribution < 1.29 is 4.74 Å². The zero-order chi connectivity index (χ0) is 25.2. The summed E-state index contributed by atoms with van der Waals surface area (Å²) in [7, 11) is 0. The van der Waals surface area contributed by atoms with Crippen molar-refractivity contribution in [3.63, 3.8) is 0 Å². The van der Waals surface area contributed by atoms with Crippen molar-refractivity contribution in [1.29, 1.82) is 5.41 Å². The zero-order valence-corrected chi connectivity index (χ0v) is 20.9. The number of fused-ring (bicyclic) bond motifs is 1. The van der Waals surface area contributed by atoms with Gasteiger partial charge in [-0.2, -0.15) is 0 Å². The van der Waals surface area contributed by atoms with E-state index in [0.29, 0.717) is 23.3 Å². The molecule has 2 aromatic rings. The first-order chi connectivity index (χ1) is 16.9. The molecule has 1 saturated heterocycles. The van der Waals surface area contributed by atoms with E-state index in [4.69, 9.17) is 21.6 Å². The van der Waals surface area contributed by atoms with E-state index in [1.165, 1.54) is 6.21 Å². The lowest BCUT2D eigenvalue weighted by Crippen LogP contribution is -2.41. The molecule has 0 aromatic carbocycles. The standard InChI is InChI=1S/C26H38N8O/c1-18(2)20(13-27)12-25(29)33-26-6-5-23-24(32-26)11-21(16-31-23)22(14-28)15-30-7-4-8-34-9-10-35-19(3)17-34/h5-6,11-16,18-19,28,30H,4,7-10,17,27,29H2,1-3H3,(H,32,33)/b20-13+,22-15+,25-12+,28-14?. The molecule has 0 spiro atoms. The summed E-state index contributed by atoms with van der Waals surface area (Å²) in [5.74, 6) is 1.34. The van der Waals surface area contributed by atoms with Crippen LogP contribution in [0.25, 0.3) is 16.6 Å². The van der Waals surface area contributed by atoms with Crippen LogP contribution in [0.2, 0.25) is 0 Å². The van der Waals surface area contributed by atoms with E-state index in [2.05, 4.69) is 46.3 Å². The lowest BCUT2D eigenvalue weighted by molar-refractivity contribution is -0.0183. The number of rotatable bonds is 11. The monoisotopic (exact) mass is 478 g/mol. The van der Waals surface area contributed by atoms with Gasteiger partial charge in [-0.05, 0) is 55.3 Å². The minimum absolute atomic E-state index is 0.264. The molecule has 2 aromatic heterocycles. The minimum atomic E-state index is 0.264. The summed E-state index contributed by atoms with van der Waals surface area (Å²) in [6.07, 6.45) is 9.66. The molecule has 1 fully saturated rings. The molecule has 0 amide bonds. The molecule has 0 aliphatic carbocycles. The number of morpholine rings is 1. The highest BCUT2D eigenvalue weighted by Gasteiger charge is 2.15. The fraction of sp³-hybridized carbons (Fsp3) is 0.423. The number of pyridine rings is 2. The van der Waals surface area contributed by atoms with Gasteiger partial charge in [0, 0.05) is 55.9 Å². The smallest absolute Gasteiger partial charge is 0.132 e. The van der Waals surface area contributed by atoms with E-state index in [1.807, 2.05) is 30.5 Å². The molecular formula is C26H38N8O. The molecule has 1 aliphatic rings. The first kappa shape index (κ1) is 26.2. The minimum Gasteiger partial charge on any atom is -0.404 e. The normalized spacial score (nSPS) is 18.2. The van der Waals surface area contributed by atoms with E-state index < -0.39 is 0 Å². The Morgan fingerprint density at radius 2 is 2.17 bits per heavy atom. The van der Waals surface area contributed by atoms with E-state index in [1.54, 1.807) is 12.4 Å². The Hall–Kier alpha value is -3.43. The molecule has 1 atom stereocenters. The summed E-state index contributed by atoms with van der Waals surface area (Å²) >= 11 is 0. The maximum absolute atomic E-state index is 7.87. The predicted molar refractivity (Wildman–Crippen MR) is 144 cm³/mol. The number of allylic oxidation sites excluding steroid dienone is 3. The average Bonchev–Trinajstić information content (AvgIpc) is 2.84. The SMILES string of the molecule is CC1CN(CCCN/C=C(\C=N)c2cnc3ccc(N/C(N)=C/C(=C\N)C(C)C)nc3c2)CCO1. The average molecular weight is 479 g/mol. The number of nitrogens with one attached hydrogen (secondary N) is 3. The summed E-state index contributed by atoms with van der Waals surface area (Å²) in [6.45, 7) is 10.9. The molecule has 1 unspecified atom stereocenters. The van der Waals surface area contributed by atoms with Crippen LogP contribution in [-0.4, -0.2) is 60.0 Å². The Morgan fingerprint density at radius 3 is 2.89 bits per heavy atom. The zero-order valence-electron chi connectivity index (χ0n) is 20.9. The number of ether oxygens (including phenoxy) is 1. The van der Waals surface area contributed by atoms with Gasteiger partial charge in [-0.15, -0.1) is 0 Å². The van der Waals surface area contributed by atoms with Crippen LogP contribution in [0.1, 0.15) is 32.8 Å². The van der Waals surface area contributed by atoms with Gasteiger partial charge in [0.25, 0.3) is 0 Å². The van der Waals surface area contributed by atoms with Crippen LogP contribution in [0.4, 0.5) is 5.82 Å². The van der Waals surface area contributed by atoms with Crippen LogP contribution in [0.15, 0.2) is 54.3 Å². The van der Waals surface area contributed by atoms with Gasteiger partial charge in [0.1, 0.15) is 11.6 Å². The van der Waals surface area contributed by atoms with Crippen LogP contribution >= 0.6 is 0 Å². The van der Waals surface area contributed by atoms with Gasteiger partial charge in [-0.25, -0.2) is 4.98 Å². The fourth-order valence-electron chi connectivity index (χ4n) is 3.89. The first-order valence-corrected chi connectivity index (χ1v) is 12.1. The van der Waals surface area contributed by atoms with E-state index in [-0.39, 0.29) is 5.92 Å². The second-order valence-electron chi connectivity index (χ2n) is 9.04. The van der Waals surface area contributed by atoms with Crippen LogP contribution in [0.3, 0.4) is 0 Å². The quantitative estimate of drug-likeness (QED) is 0.189. The Morgan fingerprint density at radius 1 is 1.34 bits per heavy atom. The highest BCUT2D eigenvalue weighted by atomic mass is 16.5. The van der Waals surface area contributed by atoms with Crippen LogP contribution in [0.5, 0.6) is 0 Å². The van der Waals surface area contributed by atoms with Crippen molar-refractivity contribution in [2.45, 2.75) is 33.3 Å². The number of aromatic nitrogens is 2. The molecule has 1 aliphatic heterocycles. The Kier molecular flexibility index (Phi) is 9.63. The van der Waals surface area contributed by atoms with Gasteiger partial charge in [0.15, 0.2) is 0 Å². The van der Waals surface area contributed by atoms with Crippen molar-refractivity contribution in [1.82, 2.24) is 20.2 Å². The largest absolute Gasteiger partial charge is 0.404 e. The summed E-state index contributed by atoms with van der Waals surface area (Å²) in [5.41, 5.74) is 15.8. The first-order valence-electron chi connectivity index (χ1n) is 12.1. The van der Waals surface area contributed by atoms with Crippen molar-refractivity contribution >= 4 is 28.6 Å². The third kappa shape index (κ3) is 7.80. The van der Waals surface area contributed by atoms with Crippen molar-refractivity contribution in [2.24, 2.45) is 17.4 Å². The lowest BCUT2D eigenvalue weighted by atomic mass is 10.0. The van der Waals surface area contributed by atoms with E-state index >= 15 is 0 Å². The third-order valence-electron chi connectivity index (χ3n) is 5.86. The Balaban J connectivity index is 1.64. The van der Waals surface area contributed by atoms with E-state index in [0.717, 1.165) is 61.4 Å². The van der Waals surface area contributed by atoms with Crippen LogP contribution in [0, 0.1) is 11.3 Å². The van der Waals surface area contributed by atoms with Gasteiger partial charge < -0.3 is 32.2 Å². The summed E-state index contributed by atoms with van der Waals surface area (Å²) in [4.78, 5) is 11.6. The van der Waals surface area contributed by atoms with Gasteiger partial charge >= 0.3 is 0 Å². The topological polar surface area (TPSA) is 138 Å². The molecule has 0 radical (unpaired) electrons. The molecule has 0 saturated carbocycles. The molecule has 0 bridgehead atoms. The summed E-state index contributed by atoms with van der Waals surface area (Å²) in [5, 5.41) is 14.3. The van der Waals surface area contributed by atoms with Crippen molar-refractivity contribution in [3.05, 3.63) is 59.8 Å². The Bertz CT molecular complexity index is 1090. The number of nitrogens with two attached hydrogens (primary N) is 2. The van der Waals surface area contributed by atoms with Gasteiger partial charge in [-0.1, -0.05) is 13.8 Å². The number of nitrogens with zero attached hydrogens (tertiary/aromatic N) is 3. The Labute approximate surface area is 207 Å². The summed E-state index contributed by atoms with van der Waals surface area (Å²) in [6, 6.07) is 5.66. The van der Waals surface area contributed by atoms with Crippen molar-refractivity contribution in [3.8, 4) is 0 Å². The maximum atomic E-state index is 7.87. The number of anilines is 1. The molecule has 3 rings (SSSR count). The molecule has 35 heavy (non-hydrogen) atoms. The predicted octanol–water partition coefficient (Wildman–Crippen LogP) is 3.03. The summed E-state index contributed by atoms with van der Waals surface area (Å²) < 4.78 is 5.59. The highest BCUT2D eigenvalue weighted by molar-refractivity contribution is 6.08.